The van der Waals surface area contributed by atoms with E-state index in [-0.39, 0.29) is 0 Å². The molecule has 1 aromatic carbocycles. The molecule has 19 heavy (non-hydrogen) atoms. The van der Waals surface area contributed by atoms with Crippen LogP contribution in [0, 0.1) is 0 Å². The fraction of sp³-hybridized carbons (Fsp3) is 0.167. The van der Waals surface area contributed by atoms with Crippen LogP contribution in [0.1, 0.15) is 0 Å². The number of ether oxygens (including phenoxy) is 1. The molecule has 1 heterocycles. The third kappa shape index (κ3) is 2.93. The van der Waals surface area contributed by atoms with Crippen LogP contribution in [0.3, 0.4) is 0 Å². The van der Waals surface area contributed by atoms with Gasteiger partial charge < -0.3 is 4.74 Å². The number of methoxy groups -OCH3 is 1. The summed E-state index contributed by atoms with van der Waals surface area (Å²) in [5, 5.41) is 0. The first-order chi connectivity index (χ1) is 8.95. The lowest BCUT2D eigenvalue weighted by atomic mass is 10.3. The van der Waals surface area contributed by atoms with Crippen LogP contribution in [0.15, 0.2) is 44.4 Å². The van der Waals surface area contributed by atoms with Crippen molar-refractivity contribution in [1.82, 2.24) is 0 Å². The van der Waals surface area contributed by atoms with Gasteiger partial charge in [-0.2, -0.15) is 0 Å². The van der Waals surface area contributed by atoms with Crippen LogP contribution in [0.2, 0.25) is 0 Å². The minimum Gasteiger partial charge on any atom is -0.497 e. The number of hydrogen-bond acceptors (Lipinski definition) is 4. The average Bonchev–Trinajstić information content (AvgIpc) is 2.85. The van der Waals surface area contributed by atoms with Crippen LogP contribution < -0.4 is 9.04 Å². The molecule has 0 fully saturated rings. The van der Waals surface area contributed by atoms with Gasteiger partial charge >= 0.3 is 0 Å². The van der Waals surface area contributed by atoms with Crippen molar-refractivity contribution in [3.8, 4) is 5.75 Å². The van der Waals surface area contributed by atoms with Gasteiger partial charge in [-0.25, -0.2) is 8.42 Å². The van der Waals surface area contributed by atoms with Crippen molar-refractivity contribution >= 4 is 43.0 Å². The Kier molecular flexibility index (Phi) is 4.17. The van der Waals surface area contributed by atoms with Gasteiger partial charge in [-0.15, -0.1) is 11.3 Å². The highest BCUT2D eigenvalue weighted by Crippen LogP contribution is 2.30. The number of thiophene rings is 1. The van der Waals surface area contributed by atoms with E-state index in [1.54, 1.807) is 43.5 Å². The topological polar surface area (TPSA) is 46.6 Å². The highest BCUT2D eigenvalue weighted by atomic mass is 79.9. The number of halogens is 1. The summed E-state index contributed by atoms with van der Waals surface area (Å²) in [6.07, 6.45) is 0. The third-order valence-corrected chi connectivity index (χ3v) is 6.48. The number of benzene rings is 1. The Bertz CT molecular complexity index is 665. The number of sulfonamides is 1. The zero-order valence-corrected chi connectivity index (χ0v) is 13.5. The van der Waals surface area contributed by atoms with Crippen LogP contribution in [0.25, 0.3) is 0 Å². The highest BCUT2D eigenvalue weighted by Gasteiger charge is 2.23. The lowest BCUT2D eigenvalue weighted by Crippen LogP contribution is -2.25. The summed E-state index contributed by atoms with van der Waals surface area (Å²) in [4.78, 5) is 0. The molecule has 0 unspecified atom stereocenters. The van der Waals surface area contributed by atoms with Gasteiger partial charge in [0, 0.05) is 7.05 Å². The van der Waals surface area contributed by atoms with Crippen molar-refractivity contribution < 1.29 is 13.2 Å². The van der Waals surface area contributed by atoms with E-state index < -0.39 is 10.0 Å². The average molecular weight is 362 g/mol. The van der Waals surface area contributed by atoms with Crippen LogP contribution in [0.5, 0.6) is 5.75 Å². The van der Waals surface area contributed by atoms with Crippen LogP contribution in [-0.4, -0.2) is 22.6 Å². The zero-order valence-electron chi connectivity index (χ0n) is 10.3. The molecule has 0 saturated carbocycles. The Hall–Kier alpha value is -1.05. The Morgan fingerprint density at radius 2 is 1.79 bits per heavy atom. The largest absolute Gasteiger partial charge is 0.497 e. The van der Waals surface area contributed by atoms with Gasteiger partial charge in [0.15, 0.2) is 0 Å². The molecule has 102 valence electrons. The second-order valence-electron chi connectivity index (χ2n) is 3.73. The van der Waals surface area contributed by atoms with E-state index in [0.29, 0.717) is 15.6 Å². The molecule has 0 radical (unpaired) electrons. The summed E-state index contributed by atoms with van der Waals surface area (Å²) in [6, 6.07) is 10.2. The monoisotopic (exact) mass is 361 g/mol. The standard InChI is InChI=1S/C12H12BrNO3S2/c1-14(9-3-5-10(17-2)6-4-9)19(15,16)12-8-7-11(13)18-12/h3-8H,1-2H3. The number of nitrogens with zero attached hydrogens (tertiary/aromatic N) is 1. The van der Waals surface area contributed by atoms with E-state index in [1.165, 1.54) is 22.7 Å². The lowest BCUT2D eigenvalue weighted by Gasteiger charge is -2.18. The minimum atomic E-state index is -3.51. The van der Waals surface area contributed by atoms with Crippen molar-refractivity contribution in [3.05, 3.63) is 40.2 Å². The maximum Gasteiger partial charge on any atom is 0.273 e. The smallest absolute Gasteiger partial charge is 0.273 e. The fourth-order valence-electron chi connectivity index (χ4n) is 1.50. The summed E-state index contributed by atoms with van der Waals surface area (Å²) >= 11 is 4.46. The molecule has 0 aliphatic heterocycles. The van der Waals surface area contributed by atoms with E-state index in [2.05, 4.69) is 15.9 Å². The lowest BCUT2D eigenvalue weighted by molar-refractivity contribution is 0.415. The molecule has 2 aromatic rings. The third-order valence-electron chi connectivity index (χ3n) is 2.60. The van der Waals surface area contributed by atoms with Crippen molar-refractivity contribution in [3.63, 3.8) is 0 Å². The summed E-state index contributed by atoms with van der Waals surface area (Å²) in [5.41, 5.74) is 0.588. The summed E-state index contributed by atoms with van der Waals surface area (Å²) < 4.78 is 32.2. The van der Waals surface area contributed by atoms with Crippen molar-refractivity contribution in [2.45, 2.75) is 4.21 Å². The van der Waals surface area contributed by atoms with E-state index in [0.717, 1.165) is 3.79 Å². The van der Waals surface area contributed by atoms with Crippen LogP contribution in [0.4, 0.5) is 5.69 Å². The Morgan fingerprint density at radius 1 is 1.16 bits per heavy atom. The first-order valence-electron chi connectivity index (χ1n) is 5.33. The normalized spacial score (nSPS) is 11.3. The molecule has 2 rings (SSSR count). The Morgan fingerprint density at radius 3 is 2.26 bits per heavy atom. The summed E-state index contributed by atoms with van der Waals surface area (Å²) in [7, 11) is -0.409. The van der Waals surface area contributed by atoms with Gasteiger partial charge in [0.2, 0.25) is 0 Å². The number of rotatable bonds is 4. The maximum absolute atomic E-state index is 12.4. The van der Waals surface area contributed by atoms with E-state index in [1.807, 2.05) is 0 Å². The number of anilines is 1. The molecule has 7 heteroatoms. The minimum absolute atomic E-state index is 0.303. The molecular weight excluding hydrogens is 350 g/mol. The molecular formula is C12H12BrNO3S2. The summed E-state index contributed by atoms with van der Waals surface area (Å²) in [6.45, 7) is 0. The molecule has 4 nitrogen and oxygen atoms in total. The van der Waals surface area contributed by atoms with E-state index >= 15 is 0 Å². The SMILES string of the molecule is COc1ccc(N(C)S(=O)(=O)c2ccc(Br)s2)cc1. The fourth-order valence-corrected chi connectivity index (χ4v) is 4.88. The van der Waals surface area contributed by atoms with Gasteiger partial charge in [0.1, 0.15) is 9.96 Å². The molecule has 0 aliphatic rings. The van der Waals surface area contributed by atoms with Crippen molar-refractivity contribution in [1.29, 1.82) is 0 Å². The second kappa shape index (κ2) is 5.52. The van der Waals surface area contributed by atoms with Crippen LogP contribution in [-0.2, 0) is 10.0 Å². The zero-order chi connectivity index (χ0) is 14.0. The van der Waals surface area contributed by atoms with Gasteiger partial charge in [-0.05, 0) is 52.3 Å². The molecule has 0 bridgehead atoms. The molecule has 1 aromatic heterocycles. The molecule has 0 N–H and O–H groups in total. The first kappa shape index (κ1) is 14.4. The molecule has 0 saturated heterocycles. The van der Waals surface area contributed by atoms with Crippen molar-refractivity contribution in [2.24, 2.45) is 0 Å². The second-order valence-corrected chi connectivity index (χ2v) is 8.39. The van der Waals surface area contributed by atoms with Crippen molar-refractivity contribution in [2.75, 3.05) is 18.5 Å². The molecule has 0 atom stereocenters. The predicted molar refractivity (Wildman–Crippen MR) is 80.6 cm³/mol. The highest BCUT2D eigenvalue weighted by molar-refractivity contribution is 9.11. The quantitative estimate of drug-likeness (QED) is 0.838. The van der Waals surface area contributed by atoms with Crippen LogP contribution >= 0.6 is 27.3 Å². The summed E-state index contributed by atoms with van der Waals surface area (Å²) in [5.74, 6) is 0.688. The van der Waals surface area contributed by atoms with Gasteiger partial charge in [0.25, 0.3) is 10.0 Å². The maximum atomic E-state index is 12.4. The van der Waals surface area contributed by atoms with Gasteiger partial charge in [-0.1, -0.05) is 0 Å². The molecule has 0 aliphatic carbocycles. The predicted octanol–water partition coefficient (Wildman–Crippen LogP) is 3.34. The Balaban J connectivity index is 2.34. The van der Waals surface area contributed by atoms with Gasteiger partial charge in [-0.3, -0.25) is 4.31 Å². The van der Waals surface area contributed by atoms with Gasteiger partial charge in [0.05, 0.1) is 16.6 Å². The Labute approximate surface area is 124 Å². The van der Waals surface area contributed by atoms with E-state index in [4.69, 9.17) is 4.74 Å². The first-order valence-corrected chi connectivity index (χ1v) is 8.38. The molecule has 0 amide bonds. The van der Waals surface area contributed by atoms with E-state index in [9.17, 15) is 8.42 Å². The molecule has 0 spiro atoms. The number of hydrogen-bond donors (Lipinski definition) is 0.